The number of carboxylic acid groups (broad SMARTS) is 3. The Morgan fingerprint density at radius 1 is 0.730 bits per heavy atom. The Labute approximate surface area is 219 Å². The van der Waals surface area contributed by atoms with Gasteiger partial charge in [-0.25, -0.2) is 9.59 Å². The van der Waals surface area contributed by atoms with E-state index >= 15 is 0 Å². The third-order valence-corrected chi connectivity index (χ3v) is 5.84. The standard InChI is InChI=1S/C27H44O10/c1-3-4-5-6-7-8-9-10-11-12-13-14-15-16-17-18-24(32)36-21(2)25(33)37-27(26(34)35,19-22(28)29)20-23(30)31/h10-11,21H,3-9,12-20H2,1-2H3,(H,28,29)(H,30,31)(H,34,35)/b11-10-. The van der Waals surface area contributed by atoms with Crippen LogP contribution < -0.4 is 0 Å². The lowest BCUT2D eigenvalue weighted by Crippen LogP contribution is -2.48. The van der Waals surface area contributed by atoms with E-state index in [1.54, 1.807) is 0 Å². The van der Waals surface area contributed by atoms with Gasteiger partial charge >= 0.3 is 29.8 Å². The zero-order valence-corrected chi connectivity index (χ0v) is 22.2. The number of hydrogen-bond acceptors (Lipinski definition) is 7. The number of hydrogen-bond donors (Lipinski definition) is 3. The largest absolute Gasteiger partial charge is 0.481 e. The summed E-state index contributed by atoms with van der Waals surface area (Å²) in [5, 5.41) is 27.2. The van der Waals surface area contributed by atoms with Crippen LogP contribution in [-0.4, -0.2) is 56.9 Å². The Morgan fingerprint density at radius 3 is 1.65 bits per heavy atom. The molecule has 0 aromatic rings. The normalized spacial score (nSPS) is 12.3. The van der Waals surface area contributed by atoms with Crippen LogP contribution in [0, 0.1) is 0 Å². The molecule has 0 aliphatic rings. The first-order valence-corrected chi connectivity index (χ1v) is 13.3. The second-order valence-corrected chi connectivity index (χ2v) is 9.33. The van der Waals surface area contributed by atoms with Crippen LogP contribution in [0.25, 0.3) is 0 Å². The first-order valence-electron chi connectivity index (χ1n) is 13.3. The fourth-order valence-electron chi connectivity index (χ4n) is 3.74. The molecule has 0 radical (unpaired) electrons. The fourth-order valence-corrected chi connectivity index (χ4v) is 3.74. The number of unbranched alkanes of at least 4 members (excludes halogenated alkanes) is 11. The average Bonchev–Trinajstić information content (AvgIpc) is 2.80. The molecule has 1 unspecified atom stereocenters. The molecule has 212 valence electrons. The molecule has 0 spiro atoms. The number of allylic oxidation sites excluding steroid dienone is 2. The highest BCUT2D eigenvalue weighted by molar-refractivity contribution is 5.91. The molecule has 37 heavy (non-hydrogen) atoms. The van der Waals surface area contributed by atoms with E-state index in [9.17, 15) is 29.1 Å². The Morgan fingerprint density at radius 2 is 1.19 bits per heavy atom. The summed E-state index contributed by atoms with van der Waals surface area (Å²) >= 11 is 0. The minimum Gasteiger partial charge on any atom is -0.481 e. The van der Waals surface area contributed by atoms with Gasteiger partial charge in [0.05, 0.1) is 12.8 Å². The Kier molecular flexibility index (Phi) is 18.6. The van der Waals surface area contributed by atoms with E-state index in [2.05, 4.69) is 19.1 Å². The Hall–Kier alpha value is -2.91. The Bertz CT molecular complexity index is 727. The van der Waals surface area contributed by atoms with Crippen molar-refractivity contribution < 1.29 is 48.8 Å². The molecule has 0 saturated heterocycles. The monoisotopic (exact) mass is 528 g/mol. The molecule has 0 aromatic heterocycles. The summed E-state index contributed by atoms with van der Waals surface area (Å²) in [4.78, 5) is 57.8. The highest BCUT2D eigenvalue weighted by atomic mass is 16.6. The van der Waals surface area contributed by atoms with Gasteiger partial charge in [-0.05, 0) is 39.0 Å². The molecule has 0 heterocycles. The lowest BCUT2D eigenvalue weighted by Gasteiger charge is -2.27. The maximum absolute atomic E-state index is 12.2. The van der Waals surface area contributed by atoms with Gasteiger partial charge in [-0.1, -0.05) is 70.4 Å². The van der Waals surface area contributed by atoms with Crippen molar-refractivity contribution >= 4 is 29.8 Å². The van der Waals surface area contributed by atoms with Gasteiger partial charge in [-0.15, -0.1) is 0 Å². The van der Waals surface area contributed by atoms with Crippen molar-refractivity contribution in [1.82, 2.24) is 0 Å². The van der Waals surface area contributed by atoms with Crippen molar-refractivity contribution in [1.29, 1.82) is 0 Å². The molecule has 0 saturated carbocycles. The number of carbonyl (C=O) groups excluding carboxylic acids is 2. The molecule has 3 N–H and O–H groups in total. The maximum Gasteiger partial charge on any atom is 0.349 e. The van der Waals surface area contributed by atoms with E-state index in [0.29, 0.717) is 6.42 Å². The topological polar surface area (TPSA) is 165 Å². The van der Waals surface area contributed by atoms with Crippen LogP contribution in [0.5, 0.6) is 0 Å². The molecule has 0 bridgehead atoms. The van der Waals surface area contributed by atoms with E-state index in [1.807, 2.05) is 0 Å². The van der Waals surface area contributed by atoms with Crippen molar-refractivity contribution in [3.63, 3.8) is 0 Å². The quantitative estimate of drug-likeness (QED) is 0.0903. The lowest BCUT2D eigenvalue weighted by molar-refractivity contribution is -0.193. The first kappa shape index (κ1) is 34.1. The number of rotatable bonds is 23. The minimum absolute atomic E-state index is 0.0596. The molecule has 0 aliphatic carbocycles. The SMILES string of the molecule is CCCCCCCC/C=C\CCCCCCCC(=O)OC(C)C(=O)OC(CC(=O)O)(CC(=O)O)C(=O)O. The van der Waals surface area contributed by atoms with Gasteiger partial charge in [-0.3, -0.25) is 14.4 Å². The van der Waals surface area contributed by atoms with Crippen LogP contribution in [0.15, 0.2) is 12.2 Å². The second kappa shape index (κ2) is 20.2. The van der Waals surface area contributed by atoms with Crippen molar-refractivity contribution in [3.05, 3.63) is 12.2 Å². The van der Waals surface area contributed by atoms with Crippen LogP contribution in [0.3, 0.4) is 0 Å². The predicted octanol–water partition coefficient (Wildman–Crippen LogP) is 5.27. The number of carboxylic acids is 3. The van der Waals surface area contributed by atoms with Gasteiger partial charge in [0.1, 0.15) is 0 Å². The van der Waals surface area contributed by atoms with E-state index in [0.717, 1.165) is 45.4 Å². The summed E-state index contributed by atoms with van der Waals surface area (Å²) in [6, 6.07) is 0. The molecule has 0 aliphatic heterocycles. The highest BCUT2D eigenvalue weighted by Crippen LogP contribution is 2.23. The molecule has 0 rings (SSSR count). The summed E-state index contributed by atoms with van der Waals surface area (Å²) in [6.45, 7) is 3.37. The van der Waals surface area contributed by atoms with Crippen LogP contribution in [0.4, 0.5) is 0 Å². The van der Waals surface area contributed by atoms with E-state index in [4.69, 9.17) is 19.7 Å². The summed E-state index contributed by atoms with van der Waals surface area (Å²) in [5.41, 5.74) is -2.81. The maximum atomic E-state index is 12.2. The summed E-state index contributed by atoms with van der Waals surface area (Å²) in [5.74, 6) is -7.25. The van der Waals surface area contributed by atoms with Crippen LogP contribution in [0.1, 0.15) is 117 Å². The van der Waals surface area contributed by atoms with Gasteiger partial charge in [0.25, 0.3) is 0 Å². The molecule has 0 amide bonds. The van der Waals surface area contributed by atoms with Crippen molar-refractivity contribution in [2.75, 3.05) is 0 Å². The molecule has 0 aromatic carbocycles. The molecular formula is C27H44O10. The summed E-state index contributed by atoms with van der Waals surface area (Å²) < 4.78 is 9.69. The van der Waals surface area contributed by atoms with Crippen molar-refractivity contribution in [3.8, 4) is 0 Å². The molecular weight excluding hydrogens is 484 g/mol. The smallest absolute Gasteiger partial charge is 0.349 e. The number of esters is 2. The predicted molar refractivity (Wildman–Crippen MR) is 136 cm³/mol. The molecule has 0 fully saturated rings. The highest BCUT2D eigenvalue weighted by Gasteiger charge is 2.48. The molecule has 10 nitrogen and oxygen atoms in total. The summed E-state index contributed by atoms with van der Waals surface area (Å²) in [7, 11) is 0. The van der Waals surface area contributed by atoms with E-state index in [-0.39, 0.29) is 6.42 Å². The third kappa shape index (κ3) is 17.2. The van der Waals surface area contributed by atoms with Crippen LogP contribution in [0.2, 0.25) is 0 Å². The van der Waals surface area contributed by atoms with Crippen LogP contribution >= 0.6 is 0 Å². The van der Waals surface area contributed by atoms with Crippen molar-refractivity contribution in [2.45, 2.75) is 128 Å². The zero-order valence-electron chi connectivity index (χ0n) is 22.2. The number of ether oxygens (including phenoxy) is 2. The van der Waals surface area contributed by atoms with Gasteiger partial charge in [0.2, 0.25) is 5.60 Å². The Balaban J connectivity index is 4.15. The first-order chi connectivity index (χ1) is 17.5. The summed E-state index contributed by atoms with van der Waals surface area (Å²) in [6.07, 6.45) is 15.0. The third-order valence-electron chi connectivity index (χ3n) is 5.84. The van der Waals surface area contributed by atoms with E-state index < -0.39 is 54.4 Å². The lowest BCUT2D eigenvalue weighted by atomic mass is 9.95. The minimum atomic E-state index is -2.81. The van der Waals surface area contributed by atoms with Gasteiger partial charge < -0.3 is 24.8 Å². The van der Waals surface area contributed by atoms with Gasteiger partial charge in [-0.2, -0.15) is 0 Å². The van der Waals surface area contributed by atoms with Crippen molar-refractivity contribution in [2.24, 2.45) is 0 Å². The average molecular weight is 529 g/mol. The van der Waals surface area contributed by atoms with Crippen LogP contribution in [-0.2, 0) is 33.4 Å². The molecule has 10 heteroatoms. The molecule has 1 atom stereocenters. The zero-order chi connectivity index (χ0) is 28.1. The van der Waals surface area contributed by atoms with E-state index in [1.165, 1.54) is 38.5 Å². The number of carbonyl (C=O) groups is 5. The number of aliphatic carboxylic acids is 3. The fraction of sp³-hybridized carbons (Fsp3) is 0.741. The van der Waals surface area contributed by atoms with Gasteiger partial charge in [0.15, 0.2) is 6.10 Å². The second-order valence-electron chi connectivity index (χ2n) is 9.33. The van der Waals surface area contributed by atoms with Gasteiger partial charge in [0, 0.05) is 6.42 Å².